The summed E-state index contributed by atoms with van der Waals surface area (Å²) in [6, 6.07) is 6.98. The highest BCUT2D eigenvalue weighted by molar-refractivity contribution is 6.21. The maximum Gasteiger partial charge on any atom is 0.350 e. The maximum atomic E-state index is 12.5. The average molecular weight is 362 g/mol. The number of amides is 4. The van der Waals surface area contributed by atoms with Crippen LogP contribution in [0.15, 0.2) is 59.8 Å². The van der Waals surface area contributed by atoms with Crippen LogP contribution >= 0.6 is 0 Å². The molecule has 4 amide bonds. The Kier molecular flexibility index (Phi) is 4.42. The summed E-state index contributed by atoms with van der Waals surface area (Å²) >= 11 is 0. The Morgan fingerprint density at radius 1 is 1.22 bits per heavy atom. The van der Waals surface area contributed by atoms with Crippen molar-refractivity contribution in [3.63, 3.8) is 0 Å². The summed E-state index contributed by atoms with van der Waals surface area (Å²) in [5.74, 6) is -0.954. The number of aliphatic imine (C=N–C) groups is 1. The van der Waals surface area contributed by atoms with E-state index in [1.807, 2.05) is 30.5 Å². The molecule has 136 valence electrons. The van der Waals surface area contributed by atoms with E-state index < -0.39 is 11.9 Å². The van der Waals surface area contributed by atoms with Gasteiger partial charge in [0.05, 0.1) is 11.6 Å². The average Bonchev–Trinajstić information content (AvgIpc) is 3.12. The molecule has 1 aliphatic heterocycles. The number of nitrogens with zero attached hydrogens (tertiary/aromatic N) is 2. The van der Waals surface area contributed by atoms with Crippen LogP contribution in [0.3, 0.4) is 0 Å². The van der Waals surface area contributed by atoms with Crippen molar-refractivity contribution in [1.82, 2.24) is 9.88 Å². The zero-order valence-electron chi connectivity index (χ0n) is 14.5. The van der Waals surface area contributed by atoms with Crippen molar-refractivity contribution in [2.45, 2.75) is 12.8 Å². The monoisotopic (exact) mass is 362 g/mol. The fraction of sp³-hybridized carbons (Fsp3) is 0.200. The van der Waals surface area contributed by atoms with E-state index in [1.54, 1.807) is 24.3 Å². The van der Waals surface area contributed by atoms with E-state index >= 15 is 0 Å². The smallest absolute Gasteiger partial charge is 0.350 e. The second kappa shape index (κ2) is 7.03. The Morgan fingerprint density at radius 2 is 2.11 bits per heavy atom. The summed E-state index contributed by atoms with van der Waals surface area (Å²) in [6.07, 6.45) is 9.35. The SMILES string of the molecule is O=C(CCCN1C(=O)N=C2C=CC=CC2C1=O)Nc1ccc2[nH]ccc2c1. The number of benzene rings is 1. The van der Waals surface area contributed by atoms with Gasteiger partial charge in [-0.15, -0.1) is 0 Å². The van der Waals surface area contributed by atoms with Crippen molar-refractivity contribution in [1.29, 1.82) is 0 Å². The first-order chi connectivity index (χ1) is 13.1. The maximum absolute atomic E-state index is 12.5. The molecule has 0 bridgehead atoms. The molecule has 2 aromatic rings. The molecule has 1 atom stereocenters. The van der Waals surface area contributed by atoms with Crippen molar-refractivity contribution in [2.75, 3.05) is 11.9 Å². The molecule has 2 N–H and O–H groups in total. The number of carbonyl (C=O) groups excluding carboxylic acids is 3. The van der Waals surface area contributed by atoms with Crippen LogP contribution in [0, 0.1) is 5.92 Å². The number of allylic oxidation sites excluding steroid dienone is 3. The lowest BCUT2D eigenvalue weighted by Crippen LogP contribution is -2.46. The highest BCUT2D eigenvalue weighted by atomic mass is 16.2. The molecule has 1 aromatic heterocycles. The van der Waals surface area contributed by atoms with Crippen molar-refractivity contribution >= 4 is 40.1 Å². The number of rotatable bonds is 5. The van der Waals surface area contributed by atoms with E-state index in [0.717, 1.165) is 15.8 Å². The van der Waals surface area contributed by atoms with Crippen LogP contribution in [0.2, 0.25) is 0 Å². The molecule has 0 saturated carbocycles. The Bertz CT molecular complexity index is 1020. The standard InChI is InChI=1S/C20H18N4O3/c25-18(22-14-7-8-16-13(12-14)9-10-21-16)6-3-11-24-19(26)15-4-1-2-5-17(15)23-20(24)27/h1-2,4-5,7-10,12,15,21H,3,6,11H2,(H,22,25). The molecule has 7 heteroatoms. The first-order valence-corrected chi connectivity index (χ1v) is 8.77. The number of H-pyrrole nitrogens is 1. The Labute approximate surface area is 155 Å². The van der Waals surface area contributed by atoms with Gasteiger partial charge in [-0.1, -0.05) is 18.2 Å². The number of aromatic amines is 1. The topological polar surface area (TPSA) is 94.6 Å². The van der Waals surface area contributed by atoms with Gasteiger partial charge in [0, 0.05) is 35.8 Å². The highest BCUT2D eigenvalue weighted by Gasteiger charge is 2.35. The largest absolute Gasteiger partial charge is 0.361 e. The number of hydrogen-bond donors (Lipinski definition) is 2. The Morgan fingerprint density at radius 3 is 3.00 bits per heavy atom. The first kappa shape index (κ1) is 17.0. The number of imide groups is 1. The molecule has 0 fully saturated rings. The van der Waals surface area contributed by atoms with Crippen molar-refractivity contribution in [3.05, 3.63) is 54.8 Å². The summed E-state index contributed by atoms with van der Waals surface area (Å²) in [7, 11) is 0. The third-order valence-electron chi connectivity index (χ3n) is 4.61. The number of anilines is 1. The normalized spacial score (nSPS) is 18.6. The van der Waals surface area contributed by atoms with Crippen molar-refractivity contribution in [3.8, 4) is 0 Å². The second-order valence-corrected chi connectivity index (χ2v) is 6.46. The molecule has 4 rings (SSSR count). The third-order valence-corrected chi connectivity index (χ3v) is 4.61. The minimum absolute atomic E-state index is 0.161. The lowest BCUT2D eigenvalue weighted by atomic mass is 9.95. The highest BCUT2D eigenvalue weighted by Crippen LogP contribution is 2.20. The van der Waals surface area contributed by atoms with Gasteiger partial charge in [-0.2, -0.15) is 4.99 Å². The first-order valence-electron chi connectivity index (χ1n) is 8.77. The van der Waals surface area contributed by atoms with Gasteiger partial charge in [-0.3, -0.25) is 14.5 Å². The van der Waals surface area contributed by atoms with Gasteiger partial charge >= 0.3 is 6.03 Å². The number of aromatic nitrogens is 1. The molecule has 27 heavy (non-hydrogen) atoms. The molecule has 2 aliphatic rings. The van der Waals surface area contributed by atoms with Crippen molar-refractivity contribution in [2.24, 2.45) is 10.9 Å². The van der Waals surface area contributed by atoms with Crippen LogP contribution in [0.25, 0.3) is 10.9 Å². The molecule has 0 spiro atoms. The van der Waals surface area contributed by atoms with E-state index in [4.69, 9.17) is 0 Å². The number of nitrogens with one attached hydrogen (secondary N) is 2. The zero-order chi connectivity index (χ0) is 18.8. The summed E-state index contributed by atoms with van der Waals surface area (Å²) in [6.45, 7) is 0.173. The molecular formula is C20H18N4O3. The molecular weight excluding hydrogens is 344 g/mol. The van der Waals surface area contributed by atoms with Gasteiger partial charge < -0.3 is 10.3 Å². The molecule has 1 aromatic carbocycles. The number of fused-ring (bicyclic) bond motifs is 2. The van der Waals surface area contributed by atoms with Gasteiger partial charge in [0.2, 0.25) is 11.8 Å². The van der Waals surface area contributed by atoms with Gasteiger partial charge in [0.25, 0.3) is 0 Å². The summed E-state index contributed by atoms with van der Waals surface area (Å²) in [4.78, 5) is 44.9. The van der Waals surface area contributed by atoms with E-state index in [9.17, 15) is 14.4 Å². The van der Waals surface area contributed by atoms with Crippen LogP contribution < -0.4 is 5.32 Å². The summed E-state index contributed by atoms with van der Waals surface area (Å²) in [5.41, 5.74) is 2.19. The van der Waals surface area contributed by atoms with E-state index in [-0.39, 0.29) is 24.8 Å². The molecule has 0 saturated heterocycles. The summed E-state index contributed by atoms with van der Waals surface area (Å²) < 4.78 is 0. The predicted octanol–water partition coefficient (Wildman–Crippen LogP) is 3.03. The van der Waals surface area contributed by atoms with Gasteiger partial charge in [0.1, 0.15) is 0 Å². The lowest BCUT2D eigenvalue weighted by molar-refractivity contribution is -0.129. The molecule has 1 aliphatic carbocycles. The van der Waals surface area contributed by atoms with E-state index in [0.29, 0.717) is 17.8 Å². The van der Waals surface area contributed by atoms with Gasteiger partial charge in [-0.25, -0.2) is 4.79 Å². The Hall–Kier alpha value is -3.48. The van der Waals surface area contributed by atoms with Crippen LogP contribution in [-0.2, 0) is 9.59 Å². The van der Waals surface area contributed by atoms with E-state index in [1.165, 1.54) is 0 Å². The van der Waals surface area contributed by atoms with Crippen LogP contribution in [0.1, 0.15) is 12.8 Å². The van der Waals surface area contributed by atoms with Gasteiger partial charge in [-0.05, 0) is 36.8 Å². The third kappa shape index (κ3) is 3.44. The molecule has 0 radical (unpaired) electrons. The zero-order valence-corrected chi connectivity index (χ0v) is 14.5. The predicted molar refractivity (Wildman–Crippen MR) is 102 cm³/mol. The van der Waals surface area contributed by atoms with Crippen LogP contribution in [0.5, 0.6) is 0 Å². The minimum Gasteiger partial charge on any atom is -0.361 e. The minimum atomic E-state index is -0.565. The van der Waals surface area contributed by atoms with Gasteiger partial charge in [0.15, 0.2) is 0 Å². The van der Waals surface area contributed by atoms with Crippen LogP contribution in [0.4, 0.5) is 10.5 Å². The second-order valence-electron chi connectivity index (χ2n) is 6.46. The molecule has 7 nitrogen and oxygen atoms in total. The number of carbonyl (C=O) groups is 3. The fourth-order valence-corrected chi connectivity index (χ4v) is 3.24. The van der Waals surface area contributed by atoms with Crippen LogP contribution in [-0.4, -0.2) is 40.0 Å². The number of urea groups is 1. The number of hydrogen-bond acceptors (Lipinski definition) is 3. The quantitative estimate of drug-likeness (QED) is 0.856. The Balaban J connectivity index is 1.32. The van der Waals surface area contributed by atoms with Crippen molar-refractivity contribution < 1.29 is 14.4 Å². The molecule has 1 unspecified atom stereocenters. The summed E-state index contributed by atoms with van der Waals surface area (Å²) in [5, 5.41) is 3.85. The fourth-order valence-electron chi connectivity index (χ4n) is 3.24. The lowest BCUT2D eigenvalue weighted by Gasteiger charge is -2.28. The van der Waals surface area contributed by atoms with E-state index in [2.05, 4.69) is 15.3 Å². The molecule has 2 heterocycles.